The van der Waals surface area contributed by atoms with Gasteiger partial charge in [0, 0.05) is 23.9 Å². The maximum absolute atomic E-state index is 12.8. The molecular formula is C23H20N4O2S. The van der Waals surface area contributed by atoms with E-state index >= 15 is 0 Å². The van der Waals surface area contributed by atoms with Crippen LogP contribution in [0.2, 0.25) is 0 Å². The highest BCUT2D eigenvalue weighted by Gasteiger charge is 2.16. The predicted octanol–water partition coefficient (Wildman–Crippen LogP) is 3.96. The quantitative estimate of drug-likeness (QED) is 0.464. The third-order valence-electron chi connectivity index (χ3n) is 4.84. The van der Waals surface area contributed by atoms with Crippen LogP contribution in [-0.4, -0.2) is 26.5 Å². The van der Waals surface area contributed by atoms with Crippen molar-refractivity contribution in [3.63, 3.8) is 0 Å². The van der Waals surface area contributed by atoms with Crippen molar-refractivity contribution in [3.05, 3.63) is 77.9 Å². The fourth-order valence-corrected chi connectivity index (χ4v) is 4.65. The zero-order valence-corrected chi connectivity index (χ0v) is 17.2. The fourth-order valence-electron chi connectivity index (χ4n) is 3.39. The smallest absolute Gasteiger partial charge is 0.241 e. The molecular weight excluding hydrogens is 396 g/mol. The lowest BCUT2D eigenvalue weighted by molar-refractivity contribution is 0.584. The largest absolute Gasteiger partial charge is 0.368 e. The number of sulfonamides is 1. The van der Waals surface area contributed by atoms with Gasteiger partial charge in [-0.1, -0.05) is 48.0 Å². The predicted molar refractivity (Wildman–Crippen MR) is 119 cm³/mol. The number of fused-ring (bicyclic) bond motifs is 2. The molecule has 4 rings (SSSR count). The van der Waals surface area contributed by atoms with Gasteiger partial charge in [-0.3, -0.25) is 0 Å². The summed E-state index contributed by atoms with van der Waals surface area (Å²) in [5.41, 5.74) is 2.29. The van der Waals surface area contributed by atoms with E-state index < -0.39 is 10.0 Å². The molecule has 3 aromatic carbocycles. The molecule has 0 bridgehead atoms. The zero-order valence-electron chi connectivity index (χ0n) is 16.4. The number of aryl methyl sites for hydroxylation is 1. The van der Waals surface area contributed by atoms with E-state index in [1.165, 1.54) is 0 Å². The van der Waals surface area contributed by atoms with E-state index in [1.807, 2.05) is 49.4 Å². The lowest BCUT2D eigenvalue weighted by atomic mass is 10.1. The number of hydrogen-bond acceptors (Lipinski definition) is 5. The Labute approximate surface area is 175 Å². The molecule has 0 aliphatic carbocycles. The third kappa shape index (κ3) is 3.96. The first-order valence-electron chi connectivity index (χ1n) is 9.51. The molecule has 0 saturated carbocycles. The summed E-state index contributed by atoms with van der Waals surface area (Å²) in [6.07, 6.45) is 0. The van der Waals surface area contributed by atoms with Crippen LogP contribution in [0.15, 0.2) is 71.6 Å². The molecule has 7 heteroatoms. The van der Waals surface area contributed by atoms with Crippen LogP contribution in [-0.2, 0) is 10.0 Å². The molecule has 0 radical (unpaired) electrons. The van der Waals surface area contributed by atoms with Gasteiger partial charge in [0.2, 0.25) is 10.0 Å². The standard InChI is InChI=1S/C23H20N4O2S/c1-16-9-10-21-18(13-16)14-19(15-24)23(27-21)25-11-12-26-30(28,29)22-8-4-6-17-5-2-3-7-20(17)22/h2-10,13-14,26H,11-12H2,1H3,(H,25,27). The Morgan fingerprint density at radius 2 is 1.77 bits per heavy atom. The highest BCUT2D eigenvalue weighted by Crippen LogP contribution is 2.23. The average molecular weight is 417 g/mol. The Balaban J connectivity index is 1.48. The van der Waals surface area contributed by atoms with Crippen LogP contribution < -0.4 is 10.0 Å². The lowest BCUT2D eigenvalue weighted by Crippen LogP contribution is -2.29. The Morgan fingerprint density at radius 3 is 2.60 bits per heavy atom. The zero-order chi connectivity index (χ0) is 21.1. The van der Waals surface area contributed by atoms with E-state index in [0.29, 0.717) is 23.3 Å². The van der Waals surface area contributed by atoms with Crippen LogP contribution in [0.1, 0.15) is 11.1 Å². The molecule has 0 spiro atoms. The maximum atomic E-state index is 12.8. The molecule has 2 N–H and O–H groups in total. The van der Waals surface area contributed by atoms with Crippen molar-refractivity contribution in [1.29, 1.82) is 5.26 Å². The van der Waals surface area contributed by atoms with Crippen molar-refractivity contribution in [3.8, 4) is 6.07 Å². The van der Waals surface area contributed by atoms with Crippen molar-refractivity contribution in [2.24, 2.45) is 0 Å². The summed E-state index contributed by atoms with van der Waals surface area (Å²) in [6.45, 7) is 2.44. The Bertz CT molecular complexity index is 1390. The van der Waals surface area contributed by atoms with E-state index in [-0.39, 0.29) is 11.4 Å². The number of nitrogens with zero attached hydrogens (tertiary/aromatic N) is 2. The molecule has 1 aromatic heterocycles. The SMILES string of the molecule is Cc1ccc2nc(NCCNS(=O)(=O)c3cccc4ccccc34)c(C#N)cc2c1. The Morgan fingerprint density at radius 1 is 0.967 bits per heavy atom. The first-order chi connectivity index (χ1) is 14.5. The number of anilines is 1. The minimum atomic E-state index is -3.67. The minimum Gasteiger partial charge on any atom is -0.368 e. The van der Waals surface area contributed by atoms with Gasteiger partial charge in [0.25, 0.3) is 0 Å². The topological polar surface area (TPSA) is 94.9 Å². The van der Waals surface area contributed by atoms with Gasteiger partial charge in [-0.05, 0) is 36.6 Å². The van der Waals surface area contributed by atoms with Gasteiger partial charge >= 0.3 is 0 Å². The molecule has 6 nitrogen and oxygen atoms in total. The van der Waals surface area contributed by atoms with E-state index in [1.54, 1.807) is 24.3 Å². The van der Waals surface area contributed by atoms with Crippen molar-refractivity contribution >= 4 is 37.5 Å². The van der Waals surface area contributed by atoms with Crippen molar-refractivity contribution in [2.45, 2.75) is 11.8 Å². The number of rotatable bonds is 6. The van der Waals surface area contributed by atoms with Gasteiger partial charge in [-0.15, -0.1) is 0 Å². The second kappa shape index (κ2) is 8.11. The Kier molecular flexibility index (Phi) is 5.36. The van der Waals surface area contributed by atoms with Gasteiger partial charge in [-0.2, -0.15) is 5.26 Å². The molecule has 0 atom stereocenters. The molecule has 0 saturated heterocycles. The van der Waals surface area contributed by atoms with Crippen LogP contribution in [0.4, 0.5) is 5.82 Å². The van der Waals surface area contributed by atoms with Crippen LogP contribution >= 0.6 is 0 Å². The van der Waals surface area contributed by atoms with Crippen LogP contribution in [0.5, 0.6) is 0 Å². The summed E-state index contributed by atoms with van der Waals surface area (Å²) in [4.78, 5) is 4.76. The number of pyridine rings is 1. The van der Waals surface area contributed by atoms with Crippen LogP contribution in [0, 0.1) is 18.3 Å². The first-order valence-corrected chi connectivity index (χ1v) is 11.0. The second-order valence-electron chi connectivity index (χ2n) is 6.99. The molecule has 0 aliphatic heterocycles. The summed E-state index contributed by atoms with van der Waals surface area (Å²) >= 11 is 0. The van der Waals surface area contributed by atoms with Gasteiger partial charge in [0.05, 0.1) is 16.0 Å². The summed E-state index contributed by atoms with van der Waals surface area (Å²) in [5, 5.41) is 15.0. The first kappa shape index (κ1) is 19.8. The van der Waals surface area contributed by atoms with E-state index in [9.17, 15) is 13.7 Å². The number of nitriles is 1. The van der Waals surface area contributed by atoms with Crippen molar-refractivity contribution < 1.29 is 8.42 Å². The molecule has 0 aliphatic rings. The highest BCUT2D eigenvalue weighted by atomic mass is 32.2. The highest BCUT2D eigenvalue weighted by molar-refractivity contribution is 7.89. The normalized spacial score (nSPS) is 11.5. The number of hydrogen-bond donors (Lipinski definition) is 2. The number of benzene rings is 3. The van der Waals surface area contributed by atoms with E-state index in [4.69, 9.17) is 0 Å². The van der Waals surface area contributed by atoms with Gasteiger partial charge in [0.1, 0.15) is 11.9 Å². The van der Waals surface area contributed by atoms with Gasteiger partial charge in [0.15, 0.2) is 0 Å². The van der Waals surface area contributed by atoms with Crippen molar-refractivity contribution in [2.75, 3.05) is 18.4 Å². The summed E-state index contributed by atoms with van der Waals surface area (Å²) in [6, 6.07) is 22.4. The maximum Gasteiger partial charge on any atom is 0.241 e. The Hall–Kier alpha value is -3.47. The molecule has 1 heterocycles. The van der Waals surface area contributed by atoms with Crippen LogP contribution in [0.25, 0.3) is 21.7 Å². The van der Waals surface area contributed by atoms with Gasteiger partial charge in [-0.25, -0.2) is 18.1 Å². The summed E-state index contributed by atoms with van der Waals surface area (Å²) < 4.78 is 28.2. The fraction of sp³-hybridized carbons (Fsp3) is 0.130. The second-order valence-corrected chi connectivity index (χ2v) is 8.73. The van der Waals surface area contributed by atoms with Crippen LogP contribution in [0.3, 0.4) is 0 Å². The van der Waals surface area contributed by atoms with Crippen molar-refractivity contribution in [1.82, 2.24) is 9.71 Å². The minimum absolute atomic E-state index is 0.157. The van der Waals surface area contributed by atoms with Gasteiger partial charge < -0.3 is 5.32 Å². The van der Waals surface area contributed by atoms with E-state index in [2.05, 4.69) is 21.1 Å². The number of nitrogens with one attached hydrogen (secondary N) is 2. The molecule has 4 aromatic rings. The average Bonchev–Trinajstić information content (AvgIpc) is 2.75. The molecule has 0 fully saturated rings. The van der Waals surface area contributed by atoms with E-state index in [0.717, 1.165) is 21.9 Å². The summed E-state index contributed by atoms with van der Waals surface area (Å²) in [7, 11) is -3.67. The molecule has 150 valence electrons. The molecule has 0 unspecified atom stereocenters. The lowest BCUT2D eigenvalue weighted by Gasteiger charge is -2.12. The number of aromatic nitrogens is 1. The third-order valence-corrected chi connectivity index (χ3v) is 6.36. The molecule has 0 amide bonds. The summed E-state index contributed by atoms with van der Waals surface area (Å²) in [5.74, 6) is 0.443. The molecule has 30 heavy (non-hydrogen) atoms. The monoisotopic (exact) mass is 416 g/mol.